The van der Waals surface area contributed by atoms with Crippen LogP contribution in [0.15, 0.2) is 66.1 Å². The largest absolute Gasteiger partial charge is 0.385 e. The van der Waals surface area contributed by atoms with Crippen molar-refractivity contribution in [2.45, 2.75) is 43.4 Å². The van der Waals surface area contributed by atoms with Crippen LogP contribution in [0.25, 0.3) is 0 Å². The average molecular weight is 531 g/mol. The molecule has 0 amide bonds. The highest BCUT2D eigenvalue weighted by Crippen LogP contribution is 2.94. The molecule has 1 aromatic heterocycles. The molecule has 0 atom stereocenters. The number of aromatic nitrogens is 1. The molecule has 1 aliphatic heterocycles. The number of benzene rings is 1. The van der Waals surface area contributed by atoms with E-state index in [1.165, 1.54) is 11.0 Å². The van der Waals surface area contributed by atoms with Crippen molar-refractivity contribution < 1.29 is 8.78 Å². The number of nitrogens with one attached hydrogen (secondary N) is 1. The fourth-order valence-electron chi connectivity index (χ4n) is 5.50. The van der Waals surface area contributed by atoms with E-state index in [-0.39, 0.29) is 16.1 Å². The number of nitrogens with zero attached hydrogens (tertiary/aromatic N) is 3. The zero-order valence-corrected chi connectivity index (χ0v) is 22.3. The molecule has 192 valence electrons. The van der Waals surface area contributed by atoms with E-state index in [1.807, 2.05) is 13.0 Å². The van der Waals surface area contributed by atoms with Crippen molar-refractivity contribution in [1.82, 2.24) is 9.29 Å². The van der Waals surface area contributed by atoms with E-state index in [4.69, 9.17) is 11.6 Å². The Kier molecular flexibility index (Phi) is 6.85. The van der Waals surface area contributed by atoms with Gasteiger partial charge in [-0.25, -0.2) is 18.1 Å². The van der Waals surface area contributed by atoms with E-state index in [0.717, 1.165) is 43.7 Å². The Balaban J connectivity index is 1.17. The summed E-state index contributed by atoms with van der Waals surface area (Å²) in [6.45, 7) is 13.5. The first-order valence-electron chi connectivity index (χ1n) is 12.6. The SMILES string of the molecule is C=CCCCNc1ccc(SN2CCN(c3cc(C(F)(F)C45CC4(C(=C)C)C5)cc(Cl)n3)CC2)cc1. The van der Waals surface area contributed by atoms with Crippen LogP contribution in [0.3, 0.4) is 0 Å². The molecule has 2 aromatic rings. The van der Waals surface area contributed by atoms with Crippen LogP contribution in [0.5, 0.6) is 0 Å². The van der Waals surface area contributed by atoms with Gasteiger partial charge in [0.05, 0.1) is 0 Å². The number of unbranched alkanes of at least 4 members (excludes halogenated alkanes) is 1. The maximum atomic E-state index is 15.6. The highest BCUT2D eigenvalue weighted by molar-refractivity contribution is 7.97. The normalized spacial score (nSPS) is 25.3. The lowest BCUT2D eigenvalue weighted by molar-refractivity contribution is -0.0553. The summed E-state index contributed by atoms with van der Waals surface area (Å²) in [6.07, 6.45) is 5.05. The first kappa shape index (κ1) is 25.6. The second-order valence-electron chi connectivity index (χ2n) is 10.3. The van der Waals surface area contributed by atoms with Crippen LogP contribution in [-0.4, -0.2) is 42.0 Å². The maximum absolute atomic E-state index is 15.6. The van der Waals surface area contributed by atoms with Gasteiger partial charge in [0.25, 0.3) is 5.92 Å². The quantitative estimate of drug-likeness (QED) is 0.142. The van der Waals surface area contributed by atoms with Crippen molar-refractivity contribution in [3.8, 4) is 0 Å². The topological polar surface area (TPSA) is 31.4 Å². The molecule has 3 aliphatic rings. The summed E-state index contributed by atoms with van der Waals surface area (Å²) in [5.41, 5.74) is 0.610. The van der Waals surface area contributed by atoms with Gasteiger partial charge >= 0.3 is 0 Å². The van der Waals surface area contributed by atoms with Gasteiger partial charge in [0.1, 0.15) is 11.0 Å². The summed E-state index contributed by atoms with van der Waals surface area (Å²) in [4.78, 5) is 7.63. The monoisotopic (exact) mass is 530 g/mol. The summed E-state index contributed by atoms with van der Waals surface area (Å²) < 4.78 is 33.4. The summed E-state index contributed by atoms with van der Waals surface area (Å²) in [7, 11) is 0. The first-order chi connectivity index (χ1) is 17.2. The third-order valence-corrected chi connectivity index (χ3v) is 9.30. The molecule has 2 aliphatic carbocycles. The van der Waals surface area contributed by atoms with Gasteiger partial charge in [-0.15, -0.1) is 6.58 Å². The highest BCUT2D eigenvalue weighted by atomic mass is 35.5. The van der Waals surface area contributed by atoms with Crippen molar-refractivity contribution in [3.05, 3.63) is 71.9 Å². The minimum atomic E-state index is -2.93. The molecule has 0 bridgehead atoms. The van der Waals surface area contributed by atoms with Crippen molar-refractivity contribution in [2.24, 2.45) is 10.8 Å². The van der Waals surface area contributed by atoms with Crippen LogP contribution in [0.2, 0.25) is 5.15 Å². The maximum Gasteiger partial charge on any atom is 0.279 e. The molecule has 1 N–H and O–H groups in total. The molecule has 0 radical (unpaired) electrons. The smallest absolute Gasteiger partial charge is 0.279 e. The van der Waals surface area contributed by atoms with Crippen LogP contribution >= 0.6 is 23.5 Å². The first-order valence-corrected chi connectivity index (χ1v) is 13.7. The van der Waals surface area contributed by atoms with Gasteiger partial charge in [-0.2, -0.15) is 0 Å². The minimum Gasteiger partial charge on any atom is -0.385 e. The van der Waals surface area contributed by atoms with E-state index >= 15 is 8.78 Å². The van der Waals surface area contributed by atoms with Crippen molar-refractivity contribution in [3.63, 3.8) is 0 Å². The summed E-state index contributed by atoms with van der Waals surface area (Å²) in [5, 5.41) is 3.55. The van der Waals surface area contributed by atoms with E-state index in [9.17, 15) is 0 Å². The molecule has 3 fully saturated rings. The van der Waals surface area contributed by atoms with Gasteiger partial charge in [-0.3, -0.25) is 0 Å². The van der Waals surface area contributed by atoms with E-state index in [0.29, 0.717) is 31.7 Å². The number of rotatable bonds is 11. The lowest BCUT2D eigenvalue weighted by Gasteiger charge is -2.35. The molecule has 2 saturated carbocycles. The van der Waals surface area contributed by atoms with Gasteiger partial charge < -0.3 is 10.2 Å². The zero-order chi connectivity index (χ0) is 25.6. The van der Waals surface area contributed by atoms with Gasteiger partial charge in [0.15, 0.2) is 0 Å². The van der Waals surface area contributed by atoms with Crippen LogP contribution in [0.1, 0.15) is 38.2 Å². The number of pyridine rings is 1. The number of piperazine rings is 1. The minimum absolute atomic E-state index is 0.0203. The van der Waals surface area contributed by atoms with Crippen LogP contribution in [-0.2, 0) is 5.92 Å². The Morgan fingerprint density at radius 2 is 1.89 bits per heavy atom. The number of fused-ring (bicyclic) bond motifs is 1. The Hall–Kier alpha value is -2.09. The molecule has 1 aromatic carbocycles. The Labute approximate surface area is 221 Å². The summed E-state index contributed by atoms with van der Waals surface area (Å²) in [6, 6.07) is 11.3. The van der Waals surface area contributed by atoms with Gasteiger partial charge in [0.2, 0.25) is 0 Å². The van der Waals surface area contributed by atoms with E-state index < -0.39 is 11.3 Å². The molecular weight excluding hydrogens is 498 g/mol. The Morgan fingerprint density at radius 1 is 1.19 bits per heavy atom. The second kappa shape index (κ2) is 9.66. The Bertz CT molecular complexity index is 1140. The molecule has 0 unspecified atom stereocenters. The number of halogens is 3. The van der Waals surface area contributed by atoms with Crippen LogP contribution in [0, 0.1) is 10.8 Å². The second-order valence-corrected chi connectivity index (χ2v) is 11.9. The van der Waals surface area contributed by atoms with Crippen molar-refractivity contribution in [1.29, 1.82) is 0 Å². The number of hydrogen-bond donors (Lipinski definition) is 1. The van der Waals surface area contributed by atoms with Crippen LogP contribution < -0.4 is 10.2 Å². The van der Waals surface area contributed by atoms with Crippen LogP contribution in [0.4, 0.5) is 20.3 Å². The lowest BCUT2D eigenvalue weighted by atomic mass is 9.98. The highest BCUT2D eigenvalue weighted by Gasteiger charge is 2.92. The molecule has 5 rings (SSSR count). The number of alkyl halides is 2. The third kappa shape index (κ3) is 4.54. The number of allylic oxidation sites excluding steroid dienone is 2. The van der Waals surface area contributed by atoms with Crippen molar-refractivity contribution in [2.75, 3.05) is 42.9 Å². The summed E-state index contributed by atoms with van der Waals surface area (Å²) in [5.74, 6) is -2.40. The molecule has 2 heterocycles. The standard InChI is InChI=1S/C28H33ClF2N4S/c1-4-5-6-11-32-22-7-9-23(10-8-22)36-35-14-12-34(13-15-35)25-17-21(16-24(29)33-25)28(30,31)27-18-26(27,19-27)20(2)3/h4,7-10,16-17,32H,1-2,5-6,11-15,18-19H2,3H3. The number of hydrogen-bond acceptors (Lipinski definition) is 5. The predicted molar refractivity (Wildman–Crippen MR) is 146 cm³/mol. The average Bonchev–Trinajstić information content (AvgIpc) is 3.72. The lowest BCUT2D eigenvalue weighted by Crippen LogP contribution is -2.44. The molecule has 4 nitrogen and oxygen atoms in total. The van der Waals surface area contributed by atoms with Gasteiger partial charge in [-0.05, 0) is 81.0 Å². The molecule has 36 heavy (non-hydrogen) atoms. The Morgan fingerprint density at radius 3 is 2.50 bits per heavy atom. The van der Waals surface area contributed by atoms with E-state index in [1.54, 1.807) is 18.0 Å². The fourth-order valence-corrected chi connectivity index (χ4v) is 6.60. The van der Waals surface area contributed by atoms with Gasteiger partial charge in [0, 0.05) is 59.7 Å². The predicted octanol–water partition coefficient (Wildman–Crippen LogP) is 7.39. The third-order valence-electron chi connectivity index (χ3n) is 8.00. The molecule has 0 spiro atoms. The molecular formula is C28H33ClF2N4S. The number of anilines is 2. The van der Waals surface area contributed by atoms with Crippen molar-refractivity contribution >= 4 is 35.1 Å². The fraction of sp³-hybridized carbons (Fsp3) is 0.464. The summed E-state index contributed by atoms with van der Waals surface area (Å²) >= 11 is 7.96. The molecule has 8 heteroatoms. The van der Waals surface area contributed by atoms with Gasteiger partial charge in [-0.1, -0.05) is 29.8 Å². The zero-order valence-electron chi connectivity index (χ0n) is 20.7. The van der Waals surface area contributed by atoms with E-state index in [2.05, 4.69) is 56.9 Å². The molecule has 1 saturated heterocycles.